The Bertz CT molecular complexity index is 838. The maximum atomic E-state index is 12.7. The molecule has 2 unspecified atom stereocenters. The Balaban J connectivity index is 4.38. The van der Waals surface area contributed by atoms with Gasteiger partial charge in [-0.2, -0.15) is 0 Å². The van der Waals surface area contributed by atoms with Gasteiger partial charge in [-0.25, -0.2) is 4.79 Å². The second-order valence-electron chi connectivity index (χ2n) is 15.2. The van der Waals surface area contributed by atoms with Crippen LogP contribution in [-0.2, 0) is 28.6 Å². The van der Waals surface area contributed by atoms with Crippen LogP contribution in [0.25, 0.3) is 0 Å². The van der Waals surface area contributed by atoms with E-state index in [0.717, 1.165) is 51.4 Å². The SMILES string of the molecule is CCCCCCCCC/C=C/CCCCCC(=O)OCC(COCCC(C(=O)O)[N+](C)(C)C)OC(=O)CCCCCCCCCCCCCC. The van der Waals surface area contributed by atoms with Crippen molar-refractivity contribution in [2.75, 3.05) is 41.0 Å². The van der Waals surface area contributed by atoms with E-state index >= 15 is 0 Å². The van der Waals surface area contributed by atoms with Crippen LogP contribution < -0.4 is 0 Å². The predicted octanol–water partition coefficient (Wildman–Crippen LogP) is 10.7. The fourth-order valence-corrected chi connectivity index (χ4v) is 6.14. The maximum Gasteiger partial charge on any atom is 0.362 e. The number of quaternary nitrogens is 1. The van der Waals surface area contributed by atoms with Crippen LogP contribution in [0, 0.1) is 0 Å². The number of aliphatic carboxylic acids is 1. The molecule has 294 valence electrons. The Labute approximate surface area is 308 Å². The van der Waals surface area contributed by atoms with Gasteiger partial charge in [-0.3, -0.25) is 9.59 Å². The number of likely N-dealkylation sites (N-methyl/N-ethyl adjacent to an activating group) is 1. The van der Waals surface area contributed by atoms with Crippen LogP contribution in [0.2, 0.25) is 0 Å². The van der Waals surface area contributed by atoms with Crippen molar-refractivity contribution in [1.29, 1.82) is 0 Å². The molecule has 50 heavy (non-hydrogen) atoms. The molecule has 2 atom stereocenters. The average molecular weight is 711 g/mol. The number of hydrogen-bond acceptors (Lipinski definition) is 6. The molecule has 0 saturated heterocycles. The van der Waals surface area contributed by atoms with Crippen LogP contribution >= 0.6 is 0 Å². The van der Waals surface area contributed by atoms with Crippen LogP contribution in [-0.4, -0.2) is 80.6 Å². The zero-order valence-corrected chi connectivity index (χ0v) is 33.4. The van der Waals surface area contributed by atoms with Crippen LogP contribution in [0.4, 0.5) is 0 Å². The zero-order chi connectivity index (χ0) is 37.1. The first-order chi connectivity index (χ1) is 24.1. The van der Waals surface area contributed by atoms with Gasteiger partial charge < -0.3 is 23.8 Å². The number of rotatable bonds is 37. The number of ether oxygens (including phenoxy) is 3. The second kappa shape index (κ2) is 34.2. The zero-order valence-electron chi connectivity index (χ0n) is 33.4. The van der Waals surface area contributed by atoms with Crippen molar-refractivity contribution in [1.82, 2.24) is 0 Å². The first-order valence-electron chi connectivity index (χ1n) is 20.7. The summed E-state index contributed by atoms with van der Waals surface area (Å²) in [5, 5.41) is 9.59. The molecule has 0 aliphatic heterocycles. The average Bonchev–Trinajstić information content (AvgIpc) is 3.06. The van der Waals surface area contributed by atoms with E-state index < -0.39 is 18.1 Å². The highest BCUT2D eigenvalue weighted by Crippen LogP contribution is 2.14. The van der Waals surface area contributed by atoms with Gasteiger partial charge in [-0.15, -0.1) is 0 Å². The summed E-state index contributed by atoms with van der Waals surface area (Å²) in [6.45, 7) is 4.72. The maximum absolute atomic E-state index is 12.7. The number of carbonyl (C=O) groups is 3. The summed E-state index contributed by atoms with van der Waals surface area (Å²) in [4.78, 5) is 36.8. The van der Waals surface area contributed by atoms with Crippen molar-refractivity contribution >= 4 is 17.9 Å². The summed E-state index contributed by atoms with van der Waals surface area (Å²) in [7, 11) is 5.52. The standard InChI is InChI=1S/C42H79NO7/c1-6-8-10-12-14-16-18-20-21-23-24-26-28-30-32-40(44)49-37-38(36-48-35-34-39(42(46)47)43(3,4)5)50-41(45)33-31-29-27-25-22-19-17-15-13-11-9-7-2/h21,23,38-39H,6-20,22,24-37H2,1-5H3/p+1/b23-21+. The molecule has 0 amide bonds. The summed E-state index contributed by atoms with van der Waals surface area (Å²) < 4.78 is 17.2. The van der Waals surface area contributed by atoms with Crippen molar-refractivity contribution < 1.29 is 38.2 Å². The van der Waals surface area contributed by atoms with Crippen molar-refractivity contribution in [2.24, 2.45) is 0 Å². The summed E-state index contributed by atoms with van der Waals surface area (Å²) in [6, 6.07) is -0.611. The lowest BCUT2D eigenvalue weighted by atomic mass is 10.0. The molecule has 0 radical (unpaired) electrons. The number of carboxylic acids is 1. The highest BCUT2D eigenvalue weighted by atomic mass is 16.6. The molecule has 0 saturated carbocycles. The van der Waals surface area contributed by atoms with Gasteiger partial charge in [0.15, 0.2) is 12.1 Å². The van der Waals surface area contributed by atoms with Crippen molar-refractivity contribution in [3.05, 3.63) is 12.2 Å². The first kappa shape index (κ1) is 48.1. The third-order valence-electron chi connectivity index (χ3n) is 9.41. The molecule has 0 bridgehead atoms. The molecular formula is C42H80NO7+. The smallest absolute Gasteiger partial charge is 0.362 e. The molecule has 0 rings (SSSR count). The van der Waals surface area contributed by atoms with Crippen molar-refractivity contribution in [3.8, 4) is 0 Å². The highest BCUT2D eigenvalue weighted by molar-refractivity contribution is 5.72. The van der Waals surface area contributed by atoms with Gasteiger partial charge in [0.1, 0.15) is 6.61 Å². The van der Waals surface area contributed by atoms with Crippen LogP contribution in [0.5, 0.6) is 0 Å². The van der Waals surface area contributed by atoms with E-state index in [1.165, 1.54) is 103 Å². The Hall–Kier alpha value is -1.93. The topological polar surface area (TPSA) is 99.1 Å². The molecule has 8 heteroatoms. The molecule has 0 fully saturated rings. The molecule has 0 spiro atoms. The molecule has 8 nitrogen and oxygen atoms in total. The Morgan fingerprint density at radius 2 is 1.00 bits per heavy atom. The van der Waals surface area contributed by atoms with Gasteiger partial charge in [-0.1, -0.05) is 142 Å². The Morgan fingerprint density at radius 1 is 0.580 bits per heavy atom. The van der Waals surface area contributed by atoms with E-state index in [0.29, 0.717) is 19.3 Å². The molecule has 0 aromatic carbocycles. The minimum absolute atomic E-state index is 0.0535. The lowest BCUT2D eigenvalue weighted by molar-refractivity contribution is -0.887. The van der Waals surface area contributed by atoms with Gasteiger partial charge in [-0.05, 0) is 38.5 Å². The van der Waals surface area contributed by atoms with Crippen LogP contribution in [0.1, 0.15) is 187 Å². The minimum atomic E-state index is -0.875. The quantitative estimate of drug-likeness (QED) is 0.0296. The lowest BCUT2D eigenvalue weighted by Crippen LogP contribution is -2.50. The largest absolute Gasteiger partial charge is 0.477 e. The molecule has 0 heterocycles. The van der Waals surface area contributed by atoms with E-state index in [1.807, 2.05) is 21.1 Å². The fraction of sp³-hybridized carbons (Fsp3) is 0.881. The van der Waals surface area contributed by atoms with Gasteiger partial charge in [0.2, 0.25) is 0 Å². The van der Waals surface area contributed by atoms with E-state index in [1.54, 1.807) is 0 Å². The number of nitrogens with zero attached hydrogens (tertiary/aromatic N) is 1. The fourth-order valence-electron chi connectivity index (χ4n) is 6.14. The van der Waals surface area contributed by atoms with Crippen LogP contribution in [0.3, 0.4) is 0 Å². The normalized spacial score (nSPS) is 13.1. The Kier molecular flexibility index (Phi) is 32.9. The van der Waals surface area contributed by atoms with Gasteiger partial charge in [0.25, 0.3) is 0 Å². The van der Waals surface area contributed by atoms with Gasteiger partial charge >= 0.3 is 17.9 Å². The van der Waals surface area contributed by atoms with E-state index in [2.05, 4.69) is 26.0 Å². The number of esters is 2. The first-order valence-corrected chi connectivity index (χ1v) is 20.7. The van der Waals surface area contributed by atoms with E-state index in [9.17, 15) is 19.5 Å². The molecule has 0 aliphatic rings. The molecular weight excluding hydrogens is 630 g/mol. The molecule has 0 aromatic heterocycles. The van der Waals surface area contributed by atoms with Gasteiger partial charge in [0.05, 0.1) is 34.4 Å². The van der Waals surface area contributed by atoms with Crippen molar-refractivity contribution in [3.63, 3.8) is 0 Å². The predicted molar refractivity (Wildman–Crippen MR) is 206 cm³/mol. The monoisotopic (exact) mass is 711 g/mol. The number of carbonyl (C=O) groups excluding carboxylic acids is 2. The summed E-state index contributed by atoms with van der Waals surface area (Å²) >= 11 is 0. The second-order valence-corrected chi connectivity index (χ2v) is 15.2. The third kappa shape index (κ3) is 32.0. The molecule has 1 N–H and O–H groups in total. The third-order valence-corrected chi connectivity index (χ3v) is 9.41. The van der Waals surface area contributed by atoms with E-state index in [4.69, 9.17) is 14.2 Å². The number of carboxylic acid groups (broad SMARTS) is 1. The summed E-state index contributed by atoms with van der Waals surface area (Å²) in [6.07, 6.45) is 33.9. The summed E-state index contributed by atoms with van der Waals surface area (Å²) in [5.74, 6) is -1.48. The van der Waals surface area contributed by atoms with Crippen molar-refractivity contribution in [2.45, 2.75) is 199 Å². The summed E-state index contributed by atoms with van der Waals surface area (Å²) in [5.41, 5.74) is 0. The molecule has 0 aliphatic carbocycles. The number of hydrogen-bond donors (Lipinski definition) is 1. The molecule has 0 aromatic rings. The lowest BCUT2D eigenvalue weighted by Gasteiger charge is -2.31. The van der Waals surface area contributed by atoms with E-state index in [-0.39, 0.29) is 36.2 Å². The number of allylic oxidation sites excluding steroid dienone is 2. The van der Waals surface area contributed by atoms with Gasteiger partial charge in [0, 0.05) is 19.3 Å². The highest BCUT2D eigenvalue weighted by Gasteiger charge is 2.31. The Morgan fingerprint density at radius 3 is 1.46 bits per heavy atom. The number of unbranched alkanes of at least 4 members (excludes halogenated alkanes) is 21. The minimum Gasteiger partial charge on any atom is -0.477 e. The van der Waals surface area contributed by atoms with Crippen LogP contribution in [0.15, 0.2) is 12.2 Å².